The summed E-state index contributed by atoms with van der Waals surface area (Å²) in [5, 5.41) is 0. The fourth-order valence-electron chi connectivity index (χ4n) is 1.50. The van der Waals surface area contributed by atoms with Crippen molar-refractivity contribution in [2.45, 2.75) is 13.8 Å². The molecule has 0 aliphatic heterocycles. The minimum absolute atomic E-state index is 0.884. The Kier molecular flexibility index (Phi) is 5.25. The molecule has 2 nitrogen and oxygen atoms in total. The van der Waals surface area contributed by atoms with Gasteiger partial charge in [0.25, 0.3) is 0 Å². The maximum atomic E-state index is 5.62. The summed E-state index contributed by atoms with van der Waals surface area (Å²) in [5.74, 6) is 0. The maximum absolute atomic E-state index is 5.62. The molecule has 0 heterocycles. The summed E-state index contributed by atoms with van der Waals surface area (Å²) in [7, 11) is 4.07. The van der Waals surface area contributed by atoms with Gasteiger partial charge in [0.05, 0.1) is 0 Å². The highest BCUT2D eigenvalue weighted by molar-refractivity contribution is 5.49. The molecule has 96 valence electrons. The Bertz CT molecular complexity index is 455. The van der Waals surface area contributed by atoms with Gasteiger partial charge in [-0.3, -0.25) is 0 Å². The van der Waals surface area contributed by atoms with Crippen LogP contribution in [0.4, 0.5) is 11.4 Å². The van der Waals surface area contributed by atoms with Gasteiger partial charge < -0.3 is 10.6 Å². The molecule has 0 aliphatic carbocycles. The first-order chi connectivity index (χ1) is 8.52. The van der Waals surface area contributed by atoms with Crippen molar-refractivity contribution in [3.8, 4) is 0 Å². The molecule has 2 N–H and O–H groups in total. The van der Waals surface area contributed by atoms with E-state index in [4.69, 9.17) is 5.73 Å². The van der Waals surface area contributed by atoms with Gasteiger partial charge in [-0.05, 0) is 43.2 Å². The molecule has 0 amide bonds. The maximum Gasteiger partial charge on any atom is 0.0360 e. The van der Waals surface area contributed by atoms with Crippen LogP contribution in [-0.2, 0) is 0 Å². The molecule has 0 spiro atoms. The van der Waals surface area contributed by atoms with Gasteiger partial charge in [0.15, 0.2) is 0 Å². The van der Waals surface area contributed by atoms with E-state index in [0.717, 1.165) is 5.69 Å². The molecule has 0 bridgehead atoms. The van der Waals surface area contributed by atoms with Crippen LogP contribution < -0.4 is 10.6 Å². The predicted octanol–water partition coefficient (Wildman–Crippen LogP) is 3.64. The third-order valence-electron chi connectivity index (χ3n) is 2.92. The van der Waals surface area contributed by atoms with Gasteiger partial charge in [-0.15, -0.1) is 0 Å². The molecule has 0 radical (unpaired) electrons. The first-order valence-electron chi connectivity index (χ1n) is 6.06. The van der Waals surface area contributed by atoms with Crippen LogP contribution in [0.2, 0.25) is 0 Å². The number of rotatable bonds is 1. The highest BCUT2D eigenvalue weighted by Gasteiger charge is 1.92. The van der Waals surface area contributed by atoms with Gasteiger partial charge in [0, 0.05) is 25.5 Å². The number of nitrogens with zero attached hydrogens (tertiary/aromatic N) is 1. The van der Waals surface area contributed by atoms with Crippen molar-refractivity contribution in [3.63, 3.8) is 0 Å². The number of nitrogen functional groups attached to an aromatic ring is 1. The lowest BCUT2D eigenvalue weighted by atomic mass is 10.1. The van der Waals surface area contributed by atoms with Crippen molar-refractivity contribution in [3.05, 3.63) is 59.7 Å². The van der Waals surface area contributed by atoms with Crippen molar-refractivity contribution in [1.82, 2.24) is 0 Å². The number of anilines is 2. The Morgan fingerprint density at radius 2 is 1.44 bits per heavy atom. The van der Waals surface area contributed by atoms with Gasteiger partial charge in [-0.1, -0.05) is 30.3 Å². The van der Waals surface area contributed by atoms with Crippen LogP contribution in [0.5, 0.6) is 0 Å². The molecule has 2 rings (SSSR count). The van der Waals surface area contributed by atoms with Crippen molar-refractivity contribution >= 4 is 11.4 Å². The zero-order chi connectivity index (χ0) is 13.5. The third-order valence-corrected chi connectivity index (χ3v) is 2.92. The molecule has 2 aromatic carbocycles. The SMILES string of the molecule is CN(C)c1ccccc1.Cc1cccc(N)c1C. The fraction of sp³-hybridized carbons (Fsp3) is 0.250. The zero-order valence-corrected chi connectivity index (χ0v) is 11.6. The van der Waals surface area contributed by atoms with Crippen LogP contribution in [0, 0.1) is 13.8 Å². The number of para-hydroxylation sites is 1. The number of benzene rings is 2. The first kappa shape index (κ1) is 14.1. The highest BCUT2D eigenvalue weighted by Crippen LogP contribution is 2.13. The summed E-state index contributed by atoms with van der Waals surface area (Å²) in [4.78, 5) is 2.08. The topological polar surface area (TPSA) is 29.3 Å². The van der Waals surface area contributed by atoms with E-state index in [9.17, 15) is 0 Å². The minimum atomic E-state index is 0.884. The number of hydrogen-bond acceptors (Lipinski definition) is 2. The lowest BCUT2D eigenvalue weighted by molar-refractivity contribution is 1.13. The molecule has 2 heteroatoms. The Hall–Kier alpha value is -1.96. The Labute approximate surface area is 110 Å². The molecule has 0 unspecified atom stereocenters. The Morgan fingerprint density at radius 3 is 1.83 bits per heavy atom. The van der Waals surface area contributed by atoms with Crippen LogP contribution in [0.3, 0.4) is 0 Å². The van der Waals surface area contributed by atoms with Crippen molar-refractivity contribution in [2.75, 3.05) is 24.7 Å². The van der Waals surface area contributed by atoms with Gasteiger partial charge in [0.1, 0.15) is 0 Å². The van der Waals surface area contributed by atoms with E-state index >= 15 is 0 Å². The first-order valence-corrected chi connectivity index (χ1v) is 6.06. The average molecular weight is 242 g/mol. The second-order valence-electron chi connectivity index (χ2n) is 4.52. The third kappa shape index (κ3) is 4.13. The highest BCUT2D eigenvalue weighted by atomic mass is 15.1. The van der Waals surface area contributed by atoms with Crippen LogP contribution in [0.1, 0.15) is 11.1 Å². The normalized spacial score (nSPS) is 9.33. The van der Waals surface area contributed by atoms with E-state index in [1.807, 2.05) is 51.4 Å². The second-order valence-corrected chi connectivity index (χ2v) is 4.52. The average Bonchev–Trinajstić information content (AvgIpc) is 2.38. The van der Waals surface area contributed by atoms with E-state index in [-0.39, 0.29) is 0 Å². The van der Waals surface area contributed by atoms with Crippen molar-refractivity contribution in [1.29, 1.82) is 0 Å². The van der Waals surface area contributed by atoms with Gasteiger partial charge in [-0.2, -0.15) is 0 Å². The fourth-order valence-corrected chi connectivity index (χ4v) is 1.50. The lowest BCUT2D eigenvalue weighted by Crippen LogP contribution is -2.07. The monoisotopic (exact) mass is 242 g/mol. The van der Waals surface area contributed by atoms with Crippen LogP contribution >= 0.6 is 0 Å². The predicted molar refractivity (Wildman–Crippen MR) is 81.1 cm³/mol. The van der Waals surface area contributed by atoms with Crippen LogP contribution in [-0.4, -0.2) is 14.1 Å². The molecule has 0 fully saturated rings. The lowest BCUT2D eigenvalue weighted by Gasteiger charge is -2.10. The summed E-state index contributed by atoms with van der Waals surface area (Å²) < 4.78 is 0. The summed E-state index contributed by atoms with van der Waals surface area (Å²) >= 11 is 0. The molecule has 0 saturated carbocycles. The molecule has 18 heavy (non-hydrogen) atoms. The summed E-state index contributed by atoms with van der Waals surface area (Å²) in [6.45, 7) is 4.09. The standard InChI is InChI=1S/2C8H11N/c1-9(2)8-6-4-3-5-7-8;1-6-4-3-5-8(9)7(6)2/h3-7H,1-2H3;3-5H,9H2,1-2H3. The summed E-state index contributed by atoms with van der Waals surface area (Å²) in [6.07, 6.45) is 0. The Balaban J connectivity index is 0.000000180. The molecule has 0 aliphatic rings. The molecular formula is C16H22N2. The molecule has 0 atom stereocenters. The molecule has 2 aromatic rings. The second kappa shape index (κ2) is 6.70. The van der Waals surface area contributed by atoms with Gasteiger partial charge in [0.2, 0.25) is 0 Å². The number of nitrogens with two attached hydrogens (primary N) is 1. The Morgan fingerprint density at radius 1 is 0.833 bits per heavy atom. The molecule has 0 aromatic heterocycles. The molecular weight excluding hydrogens is 220 g/mol. The van der Waals surface area contributed by atoms with E-state index in [1.165, 1.54) is 16.8 Å². The van der Waals surface area contributed by atoms with Crippen molar-refractivity contribution < 1.29 is 0 Å². The van der Waals surface area contributed by atoms with E-state index in [2.05, 4.69) is 30.0 Å². The van der Waals surface area contributed by atoms with E-state index in [1.54, 1.807) is 0 Å². The summed E-state index contributed by atoms with van der Waals surface area (Å²) in [6, 6.07) is 16.2. The van der Waals surface area contributed by atoms with Crippen LogP contribution in [0.25, 0.3) is 0 Å². The van der Waals surface area contributed by atoms with E-state index < -0.39 is 0 Å². The quantitative estimate of drug-likeness (QED) is 0.774. The number of hydrogen-bond donors (Lipinski definition) is 1. The van der Waals surface area contributed by atoms with E-state index in [0.29, 0.717) is 0 Å². The smallest absolute Gasteiger partial charge is 0.0360 e. The van der Waals surface area contributed by atoms with Crippen LogP contribution in [0.15, 0.2) is 48.5 Å². The van der Waals surface area contributed by atoms with Crippen molar-refractivity contribution in [2.24, 2.45) is 0 Å². The molecule has 0 saturated heterocycles. The number of aryl methyl sites for hydroxylation is 1. The summed E-state index contributed by atoms with van der Waals surface area (Å²) in [5.41, 5.74) is 10.2. The minimum Gasteiger partial charge on any atom is -0.399 e. The largest absolute Gasteiger partial charge is 0.399 e. The zero-order valence-electron chi connectivity index (χ0n) is 11.6. The van der Waals surface area contributed by atoms with Gasteiger partial charge in [-0.25, -0.2) is 0 Å². The van der Waals surface area contributed by atoms with Gasteiger partial charge >= 0.3 is 0 Å².